The Morgan fingerprint density at radius 2 is 2.14 bits per heavy atom. The lowest BCUT2D eigenvalue weighted by Gasteiger charge is -2.32. The second-order valence-corrected chi connectivity index (χ2v) is 5.95. The first kappa shape index (κ1) is 14.1. The third-order valence-electron chi connectivity index (χ3n) is 4.10. The number of aryl methyl sites for hydroxylation is 1. The van der Waals surface area contributed by atoms with Gasteiger partial charge < -0.3 is 0 Å². The Bertz CT molecular complexity index is 553. The molecule has 4 heteroatoms. The summed E-state index contributed by atoms with van der Waals surface area (Å²) in [7, 11) is 0. The summed E-state index contributed by atoms with van der Waals surface area (Å²) in [4.78, 5) is 15.4. The number of rotatable bonds is 4. The van der Waals surface area contributed by atoms with Crippen LogP contribution in [0.2, 0.25) is 0 Å². The molecule has 0 aliphatic carbocycles. The molecule has 0 radical (unpaired) electrons. The van der Waals surface area contributed by atoms with Crippen molar-refractivity contribution in [2.75, 3.05) is 13.1 Å². The lowest BCUT2D eigenvalue weighted by molar-refractivity contribution is 0.165. The number of likely N-dealkylation sites (tertiary alicyclic amines) is 1. The van der Waals surface area contributed by atoms with Gasteiger partial charge in [-0.25, -0.2) is 0 Å². The van der Waals surface area contributed by atoms with Crippen molar-refractivity contribution in [1.82, 2.24) is 19.9 Å². The van der Waals surface area contributed by atoms with Gasteiger partial charge in [-0.15, -0.1) is 0 Å². The fraction of sp³-hybridized carbons (Fsp3) is 0.471. The Labute approximate surface area is 126 Å². The standard InChI is InChI=1S/C17H22N4/c1-14-4-5-15(10-20-14)9-16-3-2-8-21(12-16)13-17-11-18-6-7-19-17/h4-7,10-11,16H,2-3,8-9,12-13H2,1H3/t16-/m0/s1. The van der Waals surface area contributed by atoms with E-state index in [0.29, 0.717) is 0 Å². The maximum absolute atomic E-state index is 4.40. The minimum absolute atomic E-state index is 0.722. The fourth-order valence-corrected chi connectivity index (χ4v) is 3.05. The van der Waals surface area contributed by atoms with Crippen molar-refractivity contribution in [3.05, 3.63) is 53.9 Å². The zero-order valence-corrected chi connectivity index (χ0v) is 12.6. The van der Waals surface area contributed by atoms with Crippen molar-refractivity contribution < 1.29 is 0 Å². The summed E-state index contributed by atoms with van der Waals surface area (Å²) in [5, 5.41) is 0. The summed E-state index contributed by atoms with van der Waals surface area (Å²) in [6, 6.07) is 4.32. The Balaban J connectivity index is 1.57. The van der Waals surface area contributed by atoms with E-state index in [4.69, 9.17) is 0 Å². The van der Waals surface area contributed by atoms with Crippen molar-refractivity contribution in [2.45, 2.75) is 32.7 Å². The molecule has 4 nitrogen and oxygen atoms in total. The molecule has 0 N–H and O–H groups in total. The van der Waals surface area contributed by atoms with E-state index in [1.54, 1.807) is 12.4 Å². The van der Waals surface area contributed by atoms with Crippen LogP contribution >= 0.6 is 0 Å². The van der Waals surface area contributed by atoms with Gasteiger partial charge in [0, 0.05) is 43.6 Å². The molecule has 1 aliphatic heterocycles. The van der Waals surface area contributed by atoms with Gasteiger partial charge in [0.25, 0.3) is 0 Å². The van der Waals surface area contributed by atoms with E-state index in [2.05, 4.69) is 32.0 Å². The molecule has 0 spiro atoms. The van der Waals surface area contributed by atoms with Crippen LogP contribution in [0, 0.1) is 12.8 Å². The Morgan fingerprint density at radius 1 is 1.19 bits per heavy atom. The summed E-state index contributed by atoms with van der Waals surface area (Å²) in [6.45, 7) is 5.26. The molecule has 0 saturated carbocycles. The van der Waals surface area contributed by atoms with Gasteiger partial charge in [0.2, 0.25) is 0 Å². The van der Waals surface area contributed by atoms with Gasteiger partial charge in [-0.3, -0.25) is 19.9 Å². The van der Waals surface area contributed by atoms with Crippen LogP contribution in [0.4, 0.5) is 0 Å². The van der Waals surface area contributed by atoms with Crippen molar-refractivity contribution in [3.63, 3.8) is 0 Å². The molecular weight excluding hydrogens is 260 g/mol. The maximum atomic E-state index is 4.40. The predicted octanol–water partition coefficient (Wildman–Crippen LogP) is 2.63. The van der Waals surface area contributed by atoms with E-state index in [9.17, 15) is 0 Å². The molecule has 2 aromatic rings. The number of hydrogen-bond donors (Lipinski definition) is 0. The molecule has 0 amide bonds. The van der Waals surface area contributed by atoms with Gasteiger partial charge in [-0.1, -0.05) is 6.07 Å². The Morgan fingerprint density at radius 3 is 2.90 bits per heavy atom. The van der Waals surface area contributed by atoms with E-state index in [0.717, 1.165) is 36.8 Å². The lowest BCUT2D eigenvalue weighted by atomic mass is 9.92. The molecule has 110 valence electrons. The monoisotopic (exact) mass is 282 g/mol. The Kier molecular flexibility index (Phi) is 4.55. The van der Waals surface area contributed by atoms with Crippen molar-refractivity contribution in [3.8, 4) is 0 Å². The second kappa shape index (κ2) is 6.76. The van der Waals surface area contributed by atoms with Gasteiger partial charge in [0.1, 0.15) is 0 Å². The van der Waals surface area contributed by atoms with E-state index in [1.807, 2.05) is 19.3 Å². The average molecular weight is 282 g/mol. The SMILES string of the molecule is Cc1ccc(C[C@@H]2CCCN(Cc3cnccn3)C2)cn1. The van der Waals surface area contributed by atoms with Crippen molar-refractivity contribution in [1.29, 1.82) is 0 Å². The van der Waals surface area contributed by atoms with Gasteiger partial charge in [0.15, 0.2) is 0 Å². The molecule has 3 heterocycles. The Hall–Kier alpha value is -1.81. The van der Waals surface area contributed by atoms with Crippen LogP contribution in [0.3, 0.4) is 0 Å². The van der Waals surface area contributed by atoms with Crippen LogP contribution in [0.1, 0.15) is 29.8 Å². The average Bonchev–Trinajstić information content (AvgIpc) is 2.51. The molecule has 0 aromatic carbocycles. The zero-order valence-electron chi connectivity index (χ0n) is 12.6. The van der Waals surface area contributed by atoms with Crippen molar-refractivity contribution in [2.24, 2.45) is 5.92 Å². The van der Waals surface area contributed by atoms with Crippen LogP contribution in [-0.4, -0.2) is 32.9 Å². The van der Waals surface area contributed by atoms with E-state index >= 15 is 0 Å². The van der Waals surface area contributed by atoms with Crippen LogP contribution < -0.4 is 0 Å². The summed E-state index contributed by atoms with van der Waals surface area (Å²) >= 11 is 0. The van der Waals surface area contributed by atoms with Gasteiger partial charge >= 0.3 is 0 Å². The smallest absolute Gasteiger partial charge is 0.0726 e. The zero-order chi connectivity index (χ0) is 14.5. The molecule has 1 atom stereocenters. The second-order valence-electron chi connectivity index (χ2n) is 5.95. The highest BCUT2D eigenvalue weighted by Gasteiger charge is 2.20. The van der Waals surface area contributed by atoms with Crippen LogP contribution in [0.5, 0.6) is 0 Å². The minimum atomic E-state index is 0.722. The number of nitrogens with zero attached hydrogens (tertiary/aromatic N) is 4. The number of aromatic nitrogens is 3. The summed E-state index contributed by atoms with van der Waals surface area (Å²) < 4.78 is 0. The quantitative estimate of drug-likeness (QED) is 0.864. The number of piperidine rings is 1. The summed E-state index contributed by atoms with van der Waals surface area (Å²) in [5.74, 6) is 0.722. The minimum Gasteiger partial charge on any atom is -0.297 e. The third-order valence-corrected chi connectivity index (χ3v) is 4.10. The molecule has 1 fully saturated rings. The highest BCUT2D eigenvalue weighted by Crippen LogP contribution is 2.21. The first-order chi connectivity index (χ1) is 10.3. The van der Waals surface area contributed by atoms with E-state index in [1.165, 1.54) is 24.9 Å². The molecule has 0 unspecified atom stereocenters. The predicted molar refractivity (Wildman–Crippen MR) is 82.7 cm³/mol. The molecular formula is C17H22N4. The van der Waals surface area contributed by atoms with Crippen LogP contribution in [0.15, 0.2) is 36.9 Å². The topological polar surface area (TPSA) is 41.9 Å². The highest BCUT2D eigenvalue weighted by molar-refractivity contribution is 5.14. The van der Waals surface area contributed by atoms with Crippen molar-refractivity contribution >= 4 is 0 Å². The molecule has 1 aliphatic rings. The fourth-order valence-electron chi connectivity index (χ4n) is 3.05. The first-order valence-electron chi connectivity index (χ1n) is 7.68. The molecule has 1 saturated heterocycles. The van der Waals surface area contributed by atoms with Crippen LogP contribution in [0.25, 0.3) is 0 Å². The van der Waals surface area contributed by atoms with Crippen LogP contribution in [-0.2, 0) is 13.0 Å². The maximum Gasteiger partial charge on any atom is 0.0726 e. The molecule has 0 bridgehead atoms. The summed E-state index contributed by atoms with van der Waals surface area (Å²) in [5.41, 5.74) is 3.51. The van der Waals surface area contributed by atoms with Gasteiger partial charge in [0.05, 0.1) is 5.69 Å². The molecule has 2 aromatic heterocycles. The normalized spacial score (nSPS) is 19.6. The highest BCUT2D eigenvalue weighted by atomic mass is 15.1. The van der Waals surface area contributed by atoms with Gasteiger partial charge in [-0.2, -0.15) is 0 Å². The number of hydrogen-bond acceptors (Lipinski definition) is 4. The summed E-state index contributed by atoms with van der Waals surface area (Å²) in [6.07, 6.45) is 11.1. The molecule has 21 heavy (non-hydrogen) atoms. The van der Waals surface area contributed by atoms with E-state index < -0.39 is 0 Å². The van der Waals surface area contributed by atoms with Gasteiger partial charge in [-0.05, 0) is 50.3 Å². The first-order valence-corrected chi connectivity index (χ1v) is 7.68. The third kappa shape index (κ3) is 4.08. The van der Waals surface area contributed by atoms with E-state index in [-0.39, 0.29) is 0 Å². The number of pyridine rings is 1. The molecule has 3 rings (SSSR count). The largest absolute Gasteiger partial charge is 0.297 e. The lowest BCUT2D eigenvalue weighted by Crippen LogP contribution is -2.36.